The van der Waals surface area contributed by atoms with E-state index >= 15 is 0 Å². The predicted molar refractivity (Wildman–Crippen MR) is 73.7 cm³/mol. The Morgan fingerprint density at radius 1 is 1.29 bits per heavy atom. The molecule has 2 aromatic rings. The van der Waals surface area contributed by atoms with Gasteiger partial charge in [0, 0.05) is 14.1 Å². The van der Waals surface area contributed by atoms with Crippen LogP contribution in [-0.2, 0) is 11.3 Å². The van der Waals surface area contributed by atoms with Crippen LogP contribution in [0.5, 0.6) is 0 Å². The molecule has 0 saturated carbocycles. The van der Waals surface area contributed by atoms with Gasteiger partial charge in [-0.2, -0.15) is 15.0 Å². The highest BCUT2D eigenvalue weighted by Gasteiger charge is 2.19. The number of rotatable bonds is 4. The van der Waals surface area contributed by atoms with Crippen LogP contribution < -0.4 is 10.6 Å². The normalized spacial score (nSPS) is 10.5. The van der Waals surface area contributed by atoms with Crippen LogP contribution in [-0.4, -0.2) is 40.2 Å². The van der Waals surface area contributed by atoms with Crippen molar-refractivity contribution in [2.45, 2.75) is 20.5 Å². The summed E-state index contributed by atoms with van der Waals surface area (Å²) < 4.78 is 10.1. The number of hydrogen-bond donors (Lipinski definition) is 1. The average molecular weight is 292 g/mol. The molecule has 0 atom stereocenters. The lowest BCUT2D eigenvalue weighted by molar-refractivity contribution is 0.0459. The van der Waals surface area contributed by atoms with E-state index in [0.29, 0.717) is 23.0 Å². The van der Waals surface area contributed by atoms with Gasteiger partial charge in [-0.3, -0.25) is 0 Å². The fraction of sp³-hybridized carbons (Fsp3) is 0.417. The summed E-state index contributed by atoms with van der Waals surface area (Å²) in [7, 11) is 3.54. The van der Waals surface area contributed by atoms with Crippen molar-refractivity contribution >= 4 is 17.9 Å². The van der Waals surface area contributed by atoms with Crippen molar-refractivity contribution in [3.63, 3.8) is 0 Å². The fourth-order valence-electron chi connectivity index (χ4n) is 1.67. The molecule has 9 heteroatoms. The monoisotopic (exact) mass is 292 g/mol. The van der Waals surface area contributed by atoms with Crippen LogP contribution in [0.1, 0.15) is 27.6 Å². The van der Waals surface area contributed by atoms with Crippen molar-refractivity contribution in [2.24, 2.45) is 0 Å². The molecule has 0 aliphatic heterocycles. The van der Waals surface area contributed by atoms with E-state index in [1.54, 1.807) is 32.8 Å². The molecule has 2 rings (SSSR count). The minimum absolute atomic E-state index is 0.0667. The molecule has 2 heterocycles. The predicted octanol–water partition coefficient (Wildman–Crippen LogP) is 0.482. The van der Waals surface area contributed by atoms with E-state index in [1.165, 1.54) is 0 Å². The third-order valence-electron chi connectivity index (χ3n) is 2.66. The summed E-state index contributed by atoms with van der Waals surface area (Å²) in [5.74, 6) is 0.590. The van der Waals surface area contributed by atoms with Crippen LogP contribution in [0.3, 0.4) is 0 Å². The number of ether oxygens (including phenoxy) is 1. The van der Waals surface area contributed by atoms with E-state index in [2.05, 4.69) is 20.1 Å². The van der Waals surface area contributed by atoms with Gasteiger partial charge in [-0.15, -0.1) is 0 Å². The molecule has 0 radical (unpaired) electrons. The number of nitrogens with two attached hydrogens (primary N) is 1. The van der Waals surface area contributed by atoms with E-state index in [4.69, 9.17) is 15.0 Å². The zero-order chi connectivity index (χ0) is 15.6. The first-order valence-corrected chi connectivity index (χ1v) is 6.16. The largest absolute Gasteiger partial charge is 0.454 e. The van der Waals surface area contributed by atoms with E-state index in [1.807, 2.05) is 0 Å². The molecule has 0 amide bonds. The topological polar surface area (TPSA) is 120 Å². The van der Waals surface area contributed by atoms with Crippen molar-refractivity contribution in [1.82, 2.24) is 20.1 Å². The summed E-state index contributed by atoms with van der Waals surface area (Å²) >= 11 is 0. The lowest BCUT2D eigenvalue weighted by atomic mass is 10.2. The molecule has 9 nitrogen and oxygen atoms in total. The summed E-state index contributed by atoms with van der Waals surface area (Å²) in [5.41, 5.74) is 6.38. The number of nitrogens with zero attached hydrogens (tertiary/aromatic N) is 5. The Morgan fingerprint density at radius 3 is 2.57 bits per heavy atom. The van der Waals surface area contributed by atoms with Crippen LogP contribution in [0.2, 0.25) is 0 Å². The SMILES string of the molecule is Cc1noc(C)c1C(=O)OCc1nc(N)nc(N(C)C)n1. The molecular formula is C12H16N6O3. The molecule has 0 aliphatic carbocycles. The van der Waals surface area contributed by atoms with Crippen molar-refractivity contribution in [2.75, 3.05) is 24.7 Å². The minimum atomic E-state index is -0.545. The number of hydrogen-bond acceptors (Lipinski definition) is 9. The van der Waals surface area contributed by atoms with Gasteiger partial charge in [0.25, 0.3) is 0 Å². The van der Waals surface area contributed by atoms with Gasteiger partial charge in [-0.25, -0.2) is 4.79 Å². The molecule has 0 bridgehead atoms. The quantitative estimate of drug-likeness (QED) is 0.802. The first kappa shape index (κ1) is 14.7. The maximum absolute atomic E-state index is 12.0. The molecule has 112 valence electrons. The highest BCUT2D eigenvalue weighted by Crippen LogP contribution is 2.14. The van der Waals surface area contributed by atoms with Gasteiger partial charge < -0.3 is 19.9 Å². The number of nitrogen functional groups attached to an aromatic ring is 1. The first-order valence-electron chi connectivity index (χ1n) is 6.16. The summed E-state index contributed by atoms with van der Waals surface area (Å²) in [6, 6.07) is 0. The third-order valence-corrected chi connectivity index (χ3v) is 2.66. The van der Waals surface area contributed by atoms with Crippen molar-refractivity contribution in [3.05, 3.63) is 22.8 Å². The second-order valence-electron chi connectivity index (χ2n) is 4.58. The fourth-order valence-corrected chi connectivity index (χ4v) is 1.67. The van der Waals surface area contributed by atoms with Crippen molar-refractivity contribution in [1.29, 1.82) is 0 Å². The lowest BCUT2D eigenvalue weighted by Crippen LogP contribution is -2.17. The molecular weight excluding hydrogens is 276 g/mol. The van der Waals surface area contributed by atoms with Crippen LogP contribution in [0.25, 0.3) is 0 Å². The van der Waals surface area contributed by atoms with Crippen molar-refractivity contribution < 1.29 is 14.1 Å². The van der Waals surface area contributed by atoms with Crippen molar-refractivity contribution in [3.8, 4) is 0 Å². The molecule has 0 saturated heterocycles. The maximum Gasteiger partial charge on any atom is 0.344 e. The standard InChI is InChI=1S/C12H16N6O3/c1-6-9(7(2)21-17-6)10(19)20-5-8-14-11(13)16-12(15-8)18(3)4/h5H2,1-4H3,(H2,13,14,15,16). The number of esters is 1. The van der Waals surface area contributed by atoms with Gasteiger partial charge in [-0.05, 0) is 13.8 Å². The van der Waals surface area contributed by atoms with Gasteiger partial charge in [0.05, 0.1) is 5.69 Å². The number of anilines is 2. The average Bonchev–Trinajstić information content (AvgIpc) is 2.75. The maximum atomic E-state index is 12.0. The number of carbonyl (C=O) groups excluding carboxylic acids is 1. The molecule has 0 aliphatic rings. The summed E-state index contributed by atoms with van der Waals surface area (Å²) in [5, 5.41) is 3.70. The van der Waals surface area contributed by atoms with Gasteiger partial charge in [-0.1, -0.05) is 5.16 Å². The molecule has 2 aromatic heterocycles. The first-order chi connectivity index (χ1) is 9.88. The van der Waals surface area contributed by atoms with Gasteiger partial charge in [0.15, 0.2) is 12.4 Å². The number of aryl methyl sites for hydroxylation is 2. The molecule has 0 unspecified atom stereocenters. The van der Waals surface area contributed by atoms with Gasteiger partial charge in [0.1, 0.15) is 11.3 Å². The Morgan fingerprint density at radius 2 is 2.00 bits per heavy atom. The summed E-state index contributed by atoms with van der Waals surface area (Å²) in [6.07, 6.45) is 0. The number of aromatic nitrogens is 4. The van der Waals surface area contributed by atoms with Crippen LogP contribution in [0.4, 0.5) is 11.9 Å². The molecule has 0 aromatic carbocycles. The second-order valence-corrected chi connectivity index (χ2v) is 4.58. The molecule has 0 spiro atoms. The smallest absolute Gasteiger partial charge is 0.344 e. The van der Waals surface area contributed by atoms with E-state index in [0.717, 1.165) is 0 Å². The third kappa shape index (κ3) is 3.25. The minimum Gasteiger partial charge on any atom is -0.454 e. The highest BCUT2D eigenvalue weighted by atomic mass is 16.5. The lowest BCUT2D eigenvalue weighted by Gasteiger charge is -2.11. The highest BCUT2D eigenvalue weighted by molar-refractivity contribution is 5.91. The van der Waals surface area contributed by atoms with Gasteiger partial charge >= 0.3 is 5.97 Å². The second kappa shape index (κ2) is 5.73. The van der Waals surface area contributed by atoms with Crippen LogP contribution >= 0.6 is 0 Å². The number of carbonyl (C=O) groups is 1. The van der Waals surface area contributed by atoms with E-state index < -0.39 is 5.97 Å². The summed E-state index contributed by atoms with van der Waals surface area (Å²) in [4.78, 5) is 25.7. The Balaban J connectivity index is 2.11. The zero-order valence-electron chi connectivity index (χ0n) is 12.2. The van der Waals surface area contributed by atoms with Crippen LogP contribution in [0.15, 0.2) is 4.52 Å². The molecule has 0 fully saturated rings. The Labute approximate surface area is 121 Å². The summed E-state index contributed by atoms with van der Waals surface area (Å²) in [6.45, 7) is 3.19. The Kier molecular flexibility index (Phi) is 4.01. The van der Waals surface area contributed by atoms with Crippen LogP contribution in [0, 0.1) is 13.8 Å². The molecule has 21 heavy (non-hydrogen) atoms. The van der Waals surface area contributed by atoms with E-state index in [9.17, 15) is 4.79 Å². The zero-order valence-corrected chi connectivity index (χ0v) is 12.2. The Bertz CT molecular complexity index is 648. The van der Waals surface area contributed by atoms with Gasteiger partial charge in [0.2, 0.25) is 11.9 Å². The van der Waals surface area contributed by atoms with E-state index in [-0.39, 0.29) is 18.4 Å². The molecule has 2 N–H and O–H groups in total. The Hall–Kier alpha value is -2.71.